The number of rotatable bonds is 5. The van der Waals surface area contributed by atoms with Crippen LogP contribution >= 0.6 is 0 Å². The van der Waals surface area contributed by atoms with Gasteiger partial charge in [-0.05, 0) is 25.8 Å². The number of hydrogen-bond donors (Lipinski definition) is 0. The van der Waals surface area contributed by atoms with E-state index in [4.69, 9.17) is 4.74 Å². The maximum atomic E-state index is 12.3. The molecule has 1 saturated heterocycles. The molecule has 0 aromatic carbocycles. The molecular weight excluding hydrogens is 247 g/mol. The second kappa shape index (κ2) is 6.97. The predicted molar refractivity (Wildman–Crippen MR) is 61.1 cm³/mol. The molecule has 106 valence electrons. The third kappa shape index (κ3) is 6.23. The third-order valence-electron chi connectivity index (χ3n) is 2.94. The summed E-state index contributed by atoms with van der Waals surface area (Å²) in [6, 6.07) is 0. The Balaban J connectivity index is 2.28. The Kier molecular flexibility index (Phi) is 5.91. The Morgan fingerprint density at radius 1 is 1.44 bits per heavy atom. The van der Waals surface area contributed by atoms with Gasteiger partial charge in [0.1, 0.15) is 0 Å². The number of halogens is 3. The van der Waals surface area contributed by atoms with Crippen LogP contribution in [0.4, 0.5) is 13.2 Å². The first-order valence-electron chi connectivity index (χ1n) is 6.35. The van der Waals surface area contributed by atoms with Crippen molar-refractivity contribution in [2.24, 2.45) is 5.92 Å². The molecule has 1 aliphatic rings. The molecule has 0 saturated carbocycles. The van der Waals surface area contributed by atoms with Crippen molar-refractivity contribution in [3.05, 3.63) is 0 Å². The van der Waals surface area contributed by atoms with Gasteiger partial charge < -0.3 is 4.74 Å². The van der Waals surface area contributed by atoms with Crippen LogP contribution in [0.5, 0.6) is 0 Å². The van der Waals surface area contributed by atoms with E-state index in [9.17, 15) is 18.0 Å². The van der Waals surface area contributed by atoms with Crippen LogP contribution in [0, 0.1) is 5.92 Å². The van der Waals surface area contributed by atoms with Gasteiger partial charge in [-0.1, -0.05) is 6.92 Å². The number of likely N-dealkylation sites (tertiary alicyclic amines) is 1. The number of alkyl halides is 3. The molecule has 0 aromatic heterocycles. The maximum Gasteiger partial charge on any atom is 0.401 e. The van der Waals surface area contributed by atoms with Crippen LogP contribution in [0.2, 0.25) is 0 Å². The van der Waals surface area contributed by atoms with Gasteiger partial charge in [0.15, 0.2) is 0 Å². The van der Waals surface area contributed by atoms with Crippen molar-refractivity contribution in [1.82, 2.24) is 4.90 Å². The van der Waals surface area contributed by atoms with Crippen molar-refractivity contribution in [3.8, 4) is 0 Å². The first-order valence-corrected chi connectivity index (χ1v) is 6.35. The Morgan fingerprint density at radius 2 is 2.17 bits per heavy atom. The number of carbonyl (C=O) groups excluding carboxylic acids is 1. The average molecular weight is 267 g/mol. The Hall–Kier alpha value is -0.780. The predicted octanol–water partition coefficient (Wildman–Crippen LogP) is 2.60. The van der Waals surface area contributed by atoms with Crippen LogP contribution in [-0.4, -0.2) is 43.3 Å². The lowest BCUT2D eigenvalue weighted by atomic mass is 9.99. The van der Waals surface area contributed by atoms with Crippen LogP contribution < -0.4 is 0 Å². The molecule has 0 unspecified atom stereocenters. The molecule has 1 rings (SSSR count). The number of esters is 1. The molecule has 0 spiro atoms. The van der Waals surface area contributed by atoms with Gasteiger partial charge in [0.05, 0.1) is 13.2 Å². The topological polar surface area (TPSA) is 29.5 Å². The summed E-state index contributed by atoms with van der Waals surface area (Å²) in [5.74, 6) is -0.229. The van der Waals surface area contributed by atoms with Gasteiger partial charge >= 0.3 is 12.1 Å². The summed E-state index contributed by atoms with van der Waals surface area (Å²) in [7, 11) is 0. The fraction of sp³-hybridized carbons (Fsp3) is 0.917. The van der Waals surface area contributed by atoms with Gasteiger partial charge in [-0.25, -0.2) is 0 Å². The average Bonchev–Trinajstić information content (AvgIpc) is 2.25. The van der Waals surface area contributed by atoms with Crippen molar-refractivity contribution in [2.75, 3.05) is 26.2 Å². The minimum Gasteiger partial charge on any atom is -0.465 e. The molecule has 1 atom stereocenters. The summed E-state index contributed by atoms with van der Waals surface area (Å²) >= 11 is 0. The Labute approximate surface area is 105 Å². The zero-order chi connectivity index (χ0) is 13.6. The van der Waals surface area contributed by atoms with Crippen molar-refractivity contribution >= 4 is 5.97 Å². The molecule has 1 heterocycles. The van der Waals surface area contributed by atoms with Crippen LogP contribution in [0.25, 0.3) is 0 Å². The van der Waals surface area contributed by atoms with Crippen LogP contribution in [0.1, 0.15) is 32.6 Å². The monoisotopic (exact) mass is 267 g/mol. The molecule has 0 N–H and O–H groups in total. The van der Waals surface area contributed by atoms with Gasteiger partial charge in [-0.15, -0.1) is 0 Å². The van der Waals surface area contributed by atoms with Gasteiger partial charge in [0, 0.05) is 18.9 Å². The molecule has 0 amide bonds. The second-order valence-corrected chi connectivity index (χ2v) is 4.79. The van der Waals surface area contributed by atoms with E-state index in [-0.39, 0.29) is 18.5 Å². The fourth-order valence-corrected chi connectivity index (χ4v) is 2.17. The minimum absolute atomic E-state index is 0.0295. The summed E-state index contributed by atoms with van der Waals surface area (Å²) in [5.41, 5.74) is 0. The van der Waals surface area contributed by atoms with Gasteiger partial charge in [0.25, 0.3) is 0 Å². The molecule has 1 aliphatic heterocycles. The first-order chi connectivity index (χ1) is 8.40. The van der Waals surface area contributed by atoms with E-state index >= 15 is 0 Å². The van der Waals surface area contributed by atoms with Crippen LogP contribution in [0.3, 0.4) is 0 Å². The molecule has 18 heavy (non-hydrogen) atoms. The van der Waals surface area contributed by atoms with E-state index in [0.29, 0.717) is 19.5 Å². The van der Waals surface area contributed by atoms with E-state index in [1.54, 1.807) is 0 Å². The molecule has 6 heteroatoms. The highest BCUT2D eigenvalue weighted by atomic mass is 19.4. The summed E-state index contributed by atoms with van der Waals surface area (Å²) in [6.07, 6.45) is -1.50. The van der Waals surface area contributed by atoms with E-state index in [1.165, 1.54) is 4.90 Å². The quantitative estimate of drug-likeness (QED) is 0.717. The standard InChI is InChI=1S/C12H20F3NO2/c1-2-4-11(17)18-8-10-5-3-6-16(7-10)9-12(13,14)15/h10H,2-9H2,1H3/t10-/m0/s1. The SMILES string of the molecule is CCCC(=O)OC[C@H]1CCCN(CC(F)(F)F)C1. The lowest BCUT2D eigenvalue weighted by Gasteiger charge is -2.32. The summed E-state index contributed by atoms with van der Waals surface area (Å²) in [6.45, 7) is 2.09. The molecule has 0 bridgehead atoms. The number of piperidine rings is 1. The Morgan fingerprint density at radius 3 is 2.78 bits per heavy atom. The molecule has 3 nitrogen and oxygen atoms in total. The lowest BCUT2D eigenvalue weighted by Crippen LogP contribution is -2.42. The van der Waals surface area contributed by atoms with Crippen molar-refractivity contribution < 1.29 is 22.7 Å². The first kappa shape index (κ1) is 15.3. The van der Waals surface area contributed by atoms with Crippen molar-refractivity contribution in [3.63, 3.8) is 0 Å². The van der Waals surface area contributed by atoms with Crippen molar-refractivity contribution in [1.29, 1.82) is 0 Å². The van der Waals surface area contributed by atoms with E-state index in [0.717, 1.165) is 19.3 Å². The summed E-state index contributed by atoms with van der Waals surface area (Å²) in [5, 5.41) is 0. The zero-order valence-corrected chi connectivity index (χ0v) is 10.6. The summed E-state index contributed by atoms with van der Waals surface area (Å²) < 4.78 is 41.8. The lowest BCUT2D eigenvalue weighted by molar-refractivity contribution is -0.154. The van der Waals surface area contributed by atoms with Crippen LogP contribution in [0.15, 0.2) is 0 Å². The van der Waals surface area contributed by atoms with Crippen LogP contribution in [-0.2, 0) is 9.53 Å². The highest BCUT2D eigenvalue weighted by Crippen LogP contribution is 2.22. The highest BCUT2D eigenvalue weighted by Gasteiger charge is 2.33. The molecule has 0 aromatic rings. The number of nitrogens with zero attached hydrogens (tertiary/aromatic N) is 1. The van der Waals surface area contributed by atoms with Gasteiger partial charge in [0.2, 0.25) is 0 Å². The maximum absolute atomic E-state index is 12.3. The number of hydrogen-bond acceptors (Lipinski definition) is 3. The van der Waals surface area contributed by atoms with Gasteiger partial charge in [-0.3, -0.25) is 9.69 Å². The van der Waals surface area contributed by atoms with E-state index < -0.39 is 12.7 Å². The molecular formula is C12H20F3NO2. The van der Waals surface area contributed by atoms with E-state index in [2.05, 4.69) is 0 Å². The highest BCUT2D eigenvalue weighted by molar-refractivity contribution is 5.69. The molecule has 0 aliphatic carbocycles. The normalized spacial score (nSPS) is 21.9. The number of ether oxygens (including phenoxy) is 1. The number of carbonyl (C=O) groups is 1. The second-order valence-electron chi connectivity index (χ2n) is 4.79. The summed E-state index contributed by atoms with van der Waals surface area (Å²) in [4.78, 5) is 12.6. The fourth-order valence-electron chi connectivity index (χ4n) is 2.17. The molecule has 1 fully saturated rings. The molecule has 0 radical (unpaired) electrons. The zero-order valence-electron chi connectivity index (χ0n) is 10.6. The smallest absolute Gasteiger partial charge is 0.401 e. The van der Waals surface area contributed by atoms with E-state index in [1.807, 2.05) is 6.92 Å². The Bertz CT molecular complexity index is 269. The van der Waals surface area contributed by atoms with Crippen molar-refractivity contribution in [2.45, 2.75) is 38.8 Å². The minimum atomic E-state index is -4.15. The third-order valence-corrected chi connectivity index (χ3v) is 2.94. The largest absolute Gasteiger partial charge is 0.465 e. The van der Waals surface area contributed by atoms with Gasteiger partial charge in [-0.2, -0.15) is 13.2 Å².